The van der Waals surface area contributed by atoms with Crippen LogP contribution >= 0.6 is 0 Å². The topological polar surface area (TPSA) is 34.0 Å². The number of nitrogens with one attached hydrogen (secondary N) is 1. The van der Waals surface area contributed by atoms with E-state index in [2.05, 4.69) is 24.4 Å². The van der Waals surface area contributed by atoms with Crippen molar-refractivity contribution in [2.75, 3.05) is 0 Å². The van der Waals surface area contributed by atoms with Crippen molar-refractivity contribution in [3.63, 3.8) is 0 Å². The molecule has 1 aliphatic carbocycles. The van der Waals surface area contributed by atoms with E-state index in [-0.39, 0.29) is 11.9 Å². The normalized spacial score (nSPS) is 15.9. The van der Waals surface area contributed by atoms with E-state index in [1.165, 1.54) is 12.8 Å². The van der Waals surface area contributed by atoms with E-state index >= 15 is 0 Å². The van der Waals surface area contributed by atoms with Crippen LogP contribution in [-0.2, 0) is 7.05 Å². The summed E-state index contributed by atoms with van der Waals surface area (Å²) in [6.45, 7) is 2.09. The Labute approximate surface area is 119 Å². The first-order valence-corrected chi connectivity index (χ1v) is 7.19. The highest BCUT2D eigenvalue weighted by Crippen LogP contribution is 2.32. The van der Waals surface area contributed by atoms with Gasteiger partial charge in [0, 0.05) is 18.8 Å². The van der Waals surface area contributed by atoms with E-state index in [1.807, 2.05) is 41.9 Å². The zero-order chi connectivity index (χ0) is 14.1. The molecule has 0 unspecified atom stereocenters. The number of rotatable bonds is 4. The summed E-state index contributed by atoms with van der Waals surface area (Å²) in [6.07, 6.45) is 2.48. The van der Waals surface area contributed by atoms with Crippen molar-refractivity contribution in [3.8, 4) is 11.3 Å². The fourth-order valence-corrected chi connectivity index (χ4v) is 2.63. The van der Waals surface area contributed by atoms with Crippen molar-refractivity contribution >= 4 is 5.91 Å². The second kappa shape index (κ2) is 5.16. The van der Waals surface area contributed by atoms with Crippen LogP contribution in [0.5, 0.6) is 0 Å². The Bertz CT molecular complexity index is 611. The second-order valence-electron chi connectivity index (χ2n) is 5.63. The highest BCUT2D eigenvalue weighted by Gasteiger charge is 2.29. The lowest BCUT2D eigenvalue weighted by Gasteiger charge is -2.14. The minimum atomic E-state index is 0.0223. The Balaban J connectivity index is 1.81. The molecule has 1 atom stereocenters. The van der Waals surface area contributed by atoms with Gasteiger partial charge in [0.25, 0.3) is 5.91 Å². The number of amides is 1. The van der Waals surface area contributed by atoms with Crippen molar-refractivity contribution < 1.29 is 4.79 Å². The van der Waals surface area contributed by atoms with Crippen LogP contribution in [0.1, 0.15) is 30.3 Å². The first-order chi connectivity index (χ1) is 9.66. The maximum atomic E-state index is 12.3. The van der Waals surface area contributed by atoms with E-state index in [9.17, 15) is 4.79 Å². The van der Waals surface area contributed by atoms with Crippen LogP contribution in [0, 0.1) is 5.92 Å². The zero-order valence-corrected chi connectivity index (χ0v) is 12.0. The van der Waals surface area contributed by atoms with Gasteiger partial charge in [0.2, 0.25) is 0 Å². The van der Waals surface area contributed by atoms with E-state index in [4.69, 9.17) is 0 Å². The van der Waals surface area contributed by atoms with Crippen LogP contribution < -0.4 is 5.32 Å². The molecule has 2 aromatic rings. The predicted molar refractivity (Wildman–Crippen MR) is 80.5 cm³/mol. The van der Waals surface area contributed by atoms with Crippen LogP contribution in [-0.4, -0.2) is 16.5 Å². The summed E-state index contributed by atoms with van der Waals surface area (Å²) >= 11 is 0. The third-order valence-corrected chi connectivity index (χ3v) is 4.11. The van der Waals surface area contributed by atoms with Crippen molar-refractivity contribution in [3.05, 3.63) is 48.2 Å². The molecule has 1 saturated carbocycles. The van der Waals surface area contributed by atoms with Crippen LogP contribution in [0.2, 0.25) is 0 Å². The van der Waals surface area contributed by atoms with E-state index < -0.39 is 0 Å². The van der Waals surface area contributed by atoms with Crippen LogP contribution in [0.25, 0.3) is 11.3 Å². The summed E-state index contributed by atoms with van der Waals surface area (Å²) in [5, 5.41) is 3.10. The Morgan fingerprint density at radius 3 is 2.55 bits per heavy atom. The van der Waals surface area contributed by atoms with Crippen molar-refractivity contribution in [1.29, 1.82) is 0 Å². The quantitative estimate of drug-likeness (QED) is 0.907. The predicted octanol–water partition coefficient (Wildman–Crippen LogP) is 3.22. The highest BCUT2D eigenvalue weighted by molar-refractivity contribution is 5.94. The van der Waals surface area contributed by atoms with Gasteiger partial charge in [-0.15, -0.1) is 0 Å². The molecule has 0 aliphatic heterocycles. The summed E-state index contributed by atoms with van der Waals surface area (Å²) in [6, 6.07) is 14.3. The second-order valence-corrected chi connectivity index (χ2v) is 5.63. The number of carbonyl (C=O) groups excluding carboxylic acids is 1. The van der Waals surface area contributed by atoms with E-state index in [1.54, 1.807) is 0 Å². The zero-order valence-electron chi connectivity index (χ0n) is 12.0. The maximum Gasteiger partial charge on any atom is 0.268 e. The average Bonchev–Trinajstić information content (AvgIpc) is 3.23. The van der Waals surface area contributed by atoms with E-state index in [0.717, 1.165) is 17.0 Å². The Hall–Kier alpha value is -2.03. The summed E-state index contributed by atoms with van der Waals surface area (Å²) < 4.78 is 1.96. The Morgan fingerprint density at radius 1 is 1.20 bits per heavy atom. The Kier molecular flexibility index (Phi) is 3.35. The van der Waals surface area contributed by atoms with Crippen molar-refractivity contribution in [1.82, 2.24) is 9.88 Å². The number of hydrogen-bond donors (Lipinski definition) is 1. The molecule has 0 spiro atoms. The molecule has 0 saturated heterocycles. The number of hydrogen-bond acceptors (Lipinski definition) is 1. The largest absolute Gasteiger partial charge is 0.348 e. The summed E-state index contributed by atoms with van der Waals surface area (Å²) in [5.74, 6) is 0.696. The molecular weight excluding hydrogens is 248 g/mol. The monoisotopic (exact) mass is 268 g/mol. The molecule has 1 N–H and O–H groups in total. The smallest absolute Gasteiger partial charge is 0.268 e. The summed E-state index contributed by atoms with van der Waals surface area (Å²) in [5.41, 5.74) is 2.91. The number of carbonyl (C=O) groups is 1. The van der Waals surface area contributed by atoms with Crippen LogP contribution in [0.3, 0.4) is 0 Å². The number of nitrogens with zero attached hydrogens (tertiary/aromatic N) is 1. The maximum absolute atomic E-state index is 12.3. The third-order valence-electron chi connectivity index (χ3n) is 4.11. The minimum absolute atomic E-state index is 0.0223. The molecule has 1 aromatic carbocycles. The van der Waals surface area contributed by atoms with Crippen molar-refractivity contribution in [2.24, 2.45) is 13.0 Å². The standard InChI is InChI=1S/C17H20N2O/c1-12(13-8-9-13)18-17(20)16-11-10-15(19(16)2)14-6-4-3-5-7-14/h3-7,10-13H,8-9H2,1-2H3,(H,18,20)/t12-/m0/s1. The fraction of sp³-hybridized carbons (Fsp3) is 0.353. The lowest BCUT2D eigenvalue weighted by molar-refractivity contribution is 0.0928. The molecule has 3 rings (SSSR count). The highest BCUT2D eigenvalue weighted by atomic mass is 16.2. The summed E-state index contributed by atoms with van der Waals surface area (Å²) in [4.78, 5) is 12.3. The van der Waals surface area contributed by atoms with Gasteiger partial charge in [0.1, 0.15) is 5.69 Å². The molecule has 0 radical (unpaired) electrons. The van der Waals surface area contributed by atoms with Crippen molar-refractivity contribution in [2.45, 2.75) is 25.8 Å². The molecular formula is C17H20N2O. The molecule has 3 nitrogen and oxygen atoms in total. The first-order valence-electron chi connectivity index (χ1n) is 7.19. The van der Waals surface area contributed by atoms with Gasteiger partial charge in [-0.25, -0.2) is 0 Å². The van der Waals surface area contributed by atoms with Gasteiger partial charge in [-0.3, -0.25) is 4.79 Å². The molecule has 20 heavy (non-hydrogen) atoms. The molecule has 3 heteroatoms. The average molecular weight is 268 g/mol. The number of benzene rings is 1. The van der Waals surface area contributed by atoms with Crippen LogP contribution in [0.15, 0.2) is 42.5 Å². The fourth-order valence-electron chi connectivity index (χ4n) is 2.63. The van der Waals surface area contributed by atoms with Crippen LogP contribution in [0.4, 0.5) is 0 Å². The third kappa shape index (κ3) is 2.48. The lowest BCUT2D eigenvalue weighted by atomic mass is 10.2. The lowest BCUT2D eigenvalue weighted by Crippen LogP contribution is -2.35. The Morgan fingerprint density at radius 2 is 1.90 bits per heavy atom. The van der Waals surface area contributed by atoms with Gasteiger partial charge in [0.15, 0.2) is 0 Å². The van der Waals surface area contributed by atoms with Gasteiger partial charge < -0.3 is 9.88 Å². The van der Waals surface area contributed by atoms with Gasteiger partial charge in [0.05, 0.1) is 0 Å². The summed E-state index contributed by atoms with van der Waals surface area (Å²) in [7, 11) is 1.94. The molecule has 1 fully saturated rings. The minimum Gasteiger partial charge on any atom is -0.348 e. The molecule has 1 aromatic heterocycles. The molecule has 1 amide bonds. The van der Waals surface area contributed by atoms with E-state index in [0.29, 0.717) is 5.92 Å². The molecule has 104 valence electrons. The number of aromatic nitrogens is 1. The molecule has 0 bridgehead atoms. The van der Waals surface area contributed by atoms with Gasteiger partial charge >= 0.3 is 0 Å². The SMILES string of the molecule is C[C@H](NC(=O)c1ccc(-c2ccccc2)n1C)C1CC1. The van der Waals surface area contributed by atoms with Gasteiger partial charge in [-0.05, 0) is 43.4 Å². The molecule has 1 heterocycles. The van der Waals surface area contributed by atoms with Gasteiger partial charge in [-0.2, -0.15) is 0 Å². The first kappa shape index (κ1) is 13.0. The van der Waals surface area contributed by atoms with Gasteiger partial charge in [-0.1, -0.05) is 30.3 Å². The molecule has 1 aliphatic rings.